The number of piperidine rings is 1. The fourth-order valence-corrected chi connectivity index (χ4v) is 5.64. The number of benzene rings is 2. The molecule has 0 aromatic heterocycles. The Labute approximate surface area is 171 Å². The van der Waals surface area contributed by atoms with Crippen LogP contribution >= 0.6 is 0 Å². The summed E-state index contributed by atoms with van der Waals surface area (Å²) in [6.45, 7) is 1.96. The highest BCUT2D eigenvalue weighted by atomic mass is 16.5. The third kappa shape index (κ3) is 2.60. The molecule has 5 rings (SSSR count). The van der Waals surface area contributed by atoms with Crippen molar-refractivity contribution in [3.63, 3.8) is 0 Å². The molecule has 0 spiro atoms. The van der Waals surface area contributed by atoms with Crippen LogP contribution in [0.4, 0.5) is 5.69 Å². The first-order valence-electron chi connectivity index (χ1n) is 10.4. The van der Waals surface area contributed by atoms with Gasteiger partial charge in [-0.05, 0) is 43.0 Å². The van der Waals surface area contributed by atoms with E-state index in [2.05, 4.69) is 5.32 Å². The van der Waals surface area contributed by atoms with Gasteiger partial charge in [0.25, 0.3) is 0 Å². The molecule has 5 nitrogen and oxygen atoms in total. The van der Waals surface area contributed by atoms with Crippen LogP contribution in [0.2, 0.25) is 0 Å². The number of nitrogens with zero attached hydrogens (tertiary/aromatic N) is 1. The molecule has 2 heterocycles. The van der Waals surface area contributed by atoms with E-state index in [1.54, 1.807) is 11.9 Å². The van der Waals surface area contributed by atoms with Crippen LogP contribution in [-0.4, -0.2) is 29.5 Å². The lowest BCUT2D eigenvalue weighted by molar-refractivity contribution is -0.201. The van der Waals surface area contributed by atoms with E-state index in [-0.39, 0.29) is 23.7 Å². The van der Waals surface area contributed by atoms with E-state index >= 15 is 0 Å². The van der Waals surface area contributed by atoms with Crippen LogP contribution < -0.4 is 10.1 Å². The number of ether oxygens (including phenoxy) is 1. The van der Waals surface area contributed by atoms with E-state index in [0.717, 1.165) is 48.2 Å². The summed E-state index contributed by atoms with van der Waals surface area (Å²) in [6.07, 6.45) is 3.91. The van der Waals surface area contributed by atoms with E-state index in [1.165, 1.54) is 0 Å². The largest absolute Gasteiger partial charge is 0.467 e. The Bertz CT molecular complexity index is 988. The Morgan fingerprint density at radius 1 is 1.14 bits per heavy atom. The van der Waals surface area contributed by atoms with Crippen LogP contribution in [0.25, 0.3) is 0 Å². The molecule has 1 saturated carbocycles. The summed E-state index contributed by atoms with van der Waals surface area (Å²) in [6, 6.07) is 15.6. The average molecular weight is 390 g/mol. The summed E-state index contributed by atoms with van der Waals surface area (Å²) < 4.78 is 6.52. The van der Waals surface area contributed by atoms with Crippen LogP contribution in [0.5, 0.6) is 5.75 Å². The Balaban J connectivity index is 1.60. The number of hydrogen-bond acceptors (Lipinski definition) is 3. The molecule has 1 saturated heterocycles. The molecule has 3 aliphatic rings. The van der Waals surface area contributed by atoms with E-state index in [1.807, 2.05) is 55.5 Å². The van der Waals surface area contributed by atoms with Crippen LogP contribution in [0.1, 0.15) is 42.7 Å². The van der Waals surface area contributed by atoms with Crippen molar-refractivity contribution < 1.29 is 14.3 Å². The van der Waals surface area contributed by atoms with Crippen molar-refractivity contribution in [1.82, 2.24) is 4.90 Å². The highest BCUT2D eigenvalue weighted by Crippen LogP contribution is 2.58. The van der Waals surface area contributed by atoms with Gasteiger partial charge in [0.15, 0.2) is 5.72 Å². The second-order valence-corrected chi connectivity index (χ2v) is 8.54. The quantitative estimate of drug-likeness (QED) is 0.786. The monoisotopic (exact) mass is 390 g/mol. The Morgan fingerprint density at radius 2 is 1.90 bits per heavy atom. The minimum absolute atomic E-state index is 0.126. The summed E-state index contributed by atoms with van der Waals surface area (Å²) >= 11 is 0. The number of anilines is 1. The highest BCUT2D eigenvalue weighted by Gasteiger charge is 2.63. The van der Waals surface area contributed by atoms with Gasteiger partial charge in [-0.2, -0.15) is 0 Å². The van der Waals surface area contributed by atoms with Gasteiger partial charge in [0.1, 0.15) is 11.7 Å². The number of aryl methyl sites for hydroxylation is 1. The number of likely N-dealkylation sites (tertiary alicyclic amines) is 1. The van der Waals surface area contributed by atoms with Gasteiger partial charge in [-0.1, -0.05) is 42.8 Å². The predicted octanol–water partition coefficient (Wildman–Crippen LogP) is 4.08. The van der Waals surface area contributed by atoms with Crippen LogP contribution in [0.3, 0.4) is 0 Å². The summed E-state index contributed by atoms with van der Waals surface area (Å²) in [5.74, 6) is -0.343. The maximum absolute atomic E-state index is 13.5. The first-order valence-corrected chi connectivity index (χ1v) is 10.4. The molecule has 2 aromatic carbocycles. The number of carbonyl (C=O) groups excluding carboxylic acids is 2. The fraction of sp³-hybridized carbons (Fsp3) is 0.417. The first-order chi connectivity index (χ1) is 14.0. The predicted molar refractivity (Wildman–Crippen MR) is 111 cm³/mol. The van der Waals surface area contributed by atoms with Crippen molar-refractivity contribution >= 4 is 17.5 Å². The molecule has 2 bridgehead atoms. The second-order valence-electron chi connectivity index (χ2n) is 8.54. The molecule has 150 valence electrons. The van der Waals surface area contributed by atoms with Gasteiger partial charge in [0.05, 0.1) is 0 Å². The van der Waals surface area contributed by atoms with Gasteiger partial charge in [-0.25, -0.2) is 0 Å². The van der Waals surface area contributed by atoms with Gasteiger partial charge < -0.3 is 15.0 Å². The van der Waals surface area contributed by atoms with Gasteiger partial charge in [0, 0.05) is 31.0 Å². The molecule has 1 N–H and O–H groups in total. The van der Waals surface area contributed by atoms with Gasteiger partial charge >= 0.3 is 0 Å². The number of nitrogens with one attached hydrogen (secondary N) is 1. The van der Waals surface area contributed by atoms with Crippen molar-refractivity contribution in [1.29, 1.82) is 0 Å². The molecule has 2 amide bonds. The van der Waals surface area contributed by atoms with Crippen LogP contribution in [0.15, 0.2) is 48.5 Å². The first kappa shape index (κ1) is 18.2. The lowest BCUT2D eigenvalue weighted by atomic mass is 9.61. The van der Waals surface area contributed by atoms with Crippen molar-refractivity contribution in [2.24, 2.45) is 11.8 Å². The van der Waals surface area contributed by atoms with Crippen molar-refractivity contribution in [3.05, 3.63) is 59.7 Å². The standard InChI is InChI=1S/C24H26N2O3/c1-15-9-3-5-12-18(15)25-22(27)21-20-16-10-4-6-13-19(16)29-24(26(2)23(21)28)14-8-7-11-17(20)24/h3-6,9-10,12-13,17,20-21H,7-8,11,14H2,1-2H3,(H,25,27)/t17-,20+,21+,24+/m1/s1. The Morgan fingerprint density at radius 3 is 2.72 bits per heavy atom. The van der Waals surface area contributed by atoms with Crippen LogP contribution in [-0.2, 0) is 9.59 Å². The normalized spacial score (nSPS) is 30.1. The third-order valence-corrected chi connectivity index (χ3v) is 7.09. The minimum Gasteiger partial charge on any atom is -0.467 e. The molecule has 0 radical (unpaired) electrons. The summed E-state index contributed by atoms with van der Waals surface area (Å²) in [5, 5.41) is 3.03. The van der Waals surface area contributed by atoms with E-state index in [0.29, 0.717) is 0 Å². The molecule has 2 aromatic rings. The lowest BCUT2D eigenvalue weighted by Gasteiger charge is -2.59. The average Bonchev–Trinajstić information content (AvgIpc) is 2.73. The SMILES string of the molecule is Cc1ccccc1NC(=O)[C@H]1C(=O)N(C)[C@]23CCCC[C@@H]2[C@@H]1c1ccccc1O3. The van der Waals surface area contributed by atoms with E-state index in [9.17, 15) is 9.59 Å². The van der Waals surface area contributed by atoms with Crippen molar-refractivity contribution in [2.45, 2.75) is 44.2 Å². The zero-order valence-corrected chi connectivity index (χ0v) is 16.9. The topological polar surface area (TPSA) is 58.6 Å². The van der Waals surface area contributed by atoms with Crippen molar-refractivity contribution in [2.75, 3.05) is 12.4 Å². The molecule has 4 atom stereocenters. The smallest absolute Gasteiger partial charge is 0.238 e. The molecule has 1 aliphatic carbocycles. The van der Waals surface area contributed by atoms with Crippen molar-refractivity contribution in [3.8, 4) is 5.75 Å². The highest BCUT2D eigenvalue weighted by molar-refractivity contribution is 6.08. The number of hydrogen-bond donors (Lipinski definition) is 1. The number of rotatable bonds is 2. The zero-order valence-electron chi connectivity index (χ0n) is 16.9. The molecular weight excluding hydrogens is 364 g/mol. The fourth-order valence-electron chi connectivity index (χ4n) is 5.64. The second kappa shape index (κ2) is 6.61. The number of amides is 2. The lowest BCUT2D eigenvalue weighted by Crippen LogP contribution is -2.70. The molecular formula is C24H26N2O3. The molecule has 5 heteroatoms. The minimum atomic E-state index is -0.749. The van der Waals surface area contributed by atoms with E-state index < -0.39 is 11.6 Å². The molecule has 2 aliphatic heterocycles. The number of para-hydroxylation sites is 2. The molecule has 29 heavy (non-hydrogen) atoms. The Kier molecular flexibility index (Phi) is 4.16. The maximum atomic E-state index is 13.5. The zero-order chi connectivity index (χ0) is 20.2. The van der Waals surface area contributed by atoms with Gasteiger partial charge in [-0.15, -0.1) is 0 Å². The third-order valence-electron chi connectivity index (χ3n) is 7.09. The van der Waals surface area contributed by atoms with E-state index in [4.69, 9.17) is 4.74 Å². The molecule has 0 unspecified atom stereocenters. The number of carbonyl (C=O) groups is 2. The van der Waals surface area contributed by atoms with Gasteiger partial charge in [0.2, 0.25) is 11.8 Å². The summed E-state index contributed by atoms with van der Waals surface area (Å²) in [5.41, 5.74) is 2.10. The number of fused-ring (bicyclic) bond motifs is 2. The summed E-state index contributed by atoms with van der Waals surface area (Å²) in [7, 11) is 1.80. The maximum Gasteiger partial charge on any atom is 0.238 e. The van der Waals surface area contributed by atoms with Crippen LogP contribution in [0, 0.1) is 18.8 Å². The van der Waals surface area contributed by atoms with Gasteiger partial charge in [-0.3, -0.25) is 9.59 Å². The molecule has 2 fully saturated rings. The summed E-state index contributed by atoms with van der Waals surface area (Å²) in [4.78, 5) is 28.7. The Hall–Kier alpha value is -2.82.